The van der Waals surface area contributed by atoms with E-state index in [-0.39, 0.29) is 11.5 Å². The van der Waals surface area contributed by atoms with Crippen LogP contribution >= 0.6 is 0 Å². The van der Waals surface area contributed by atoms with Crippen molar-refractivity contribution in [2.24, 2.45) is 4.99 Å². The van der Waals surface area contributed by atoms with Crippen LogP contribution in [0.15, 0.2) is 53.5 Å². The molecule has 0 aliphatic heterocycles. The first-order valence-electron chi connectivity index (χ1n) is 5.81. The van der Waals surface area contributed by atoms with Gasteiger partial charge in [-0.05, 0) is 24.1 Å². The van der Waals surface area contributed by atoms with E-state index in [1.165, 1.54) is 17.7 Å². The van der Waals surface area contributed by atoms with E-state index in [1.807, 2.05) is 18.2 Å². The van der Waals surface area contributed by atoms with Gasteiger partial charge < -0.3 is 10.2 Å². The third kappa shape index (κ3) is 3.35. The number of hydrogen-bond acceptors (Lipinski definition) is 3. The van der Waals surface area contributed by atoms with Gasteiger partial charge in [-0.2, -0.15) is 0 Å². The molecule has 0 saturated carbocycles. The average molecular weight is 241 g/mol. The van der Waals surface area contributed by atoms with Crippen LogP contribution in [0.3, 0.4) is 0 Å². The third-order valence-electron chi connectivity index (χ3n) is 2.62. The molecule has 0 saturated heterocycles. The van der Waals surface area contributed by atoms with E-state index in [1.54, 1.807) is 12.3 Å². The summed E-state index contributed by atoms with van der Waals surface area (Å²) in [4.78, 5) is 4.26. The minimum Gasteiger partial charge on any atom is -0.508 e. The Kier molecular flexibility index (Phi) is 3.97. The summed E-state index contributed by atoms with van der Waals surface area (Å²) in [5, 5.41) is 18.7. The molecule has 0 aliphatic rings. The number of aliphatic imine (C=N–C) groups is 1. The van der Waals surface area contributed by atoms with Crippen LogP contribution in [0.1, 0.15) is 11.1 Å². The van der Waals surface area contributed by atoms with Gasteiger partial charge in [0.25, 0.3) is 0 Å². The molecule has 0 fully saturated rings. The summed E-state index contributed by atoms with van der Waals surface area (Å²) in [7, 11) is 0. The Morgan fingerprint density at radius 2 is 1.78 bits per heavy atom. The maximum Gasteiger partial charge on any atom is 0.128 e. The summed E-state index contributed by atoms with van der Waals surface area (Å²) in [6.07, 6.45) is 2.49. The van der Waals surface area contributed by atoms with Gasteiger partial charge in [-0.15, -0.1) is 0 Å². The second kappa shape index (κ2) is 5.87. The van der Waals surface area contributed by atoms with Gasteiger partial charge in [0.1, 0.15) is 11.5 Å². The van der Waals surface area contributed by atoms with Crippen LogP contribution in [0.5, 0.6) is 11.5 Å². The van der Waals surface area contributed by atoms with E-state index in [0.29, 0.717) is 12.1 Å². The van der Waals surface area contributed by atoms with Crippen molar-refractivity contribution in [1.29, 1.82) is 0 Å². The number of nitrogens with zero attached hydrogens (tertiary/aromatic N) is 1. The molecule has 0 radical (unpaired) electrons. The molecule has 3 heteroatoms. The number of hydrogen-bond donors (Lipinski definition) is 2. The Morgan fingerprint density at radius 1 is 1.00 bits per heavy atom. The van der Waals surface area contributed by atoms with Crippen LogP contribution in [0.25, 0.3) is 0 Å². The van der Waals surface area contributed by atoms with Gasteiger partial charge in [0.15, 0.2) is 0 Å². The molecule has 0 amide bonds. The molecule has 0 bridgehead atoms. The van der Waals surface area contributed by atoms with E-state index >= 15 is 0 Å². The molecule has 0 unspecified atom stereocenters. The predicted molar refractivity (Wildman–Crippen MR) is 72.4 cm³/mol. The lowest BCUT2D eigenvalue weighted by molar-refractivity contribution is 0.450. The minimum atomic E-state index is 0.0402. The maximum absolute atomic E-state index is 9.56. The second-order valence-corrected chi connectivity index (χ2v) is 4.01. The number of phenolic OH excluding ortho intramolecular Hbond substituents is 2. The first-order valence-corrected chi connectivity index (χ1v) is 5.81. The molecule has 2 rings (SSSR count). The van der Waals surface area contributed by atoms with Crippen LogP contribution in [-0.2, 0) is 6.42 Å². The molecule has 18 heavy (non-hydrogen) atoms. The lowest BCUT2D eigenvalue weighted by atomic mass is 10.1. The minimum absolute atomic E-state index is 0.0402. The fourth-order valence-corrected chi connectivity index (χ4v) is 1.64. The molecular weight excluding hydrogens is 226 g/mol. The highest BCUT2D eigenvalue weighted by molar-refractivity contribution is 5.83. The number of benzene rings is 2. The summed E-state index contributed by atoms with van der Waals surface area (Å²) >= 11 is 0. The summed E-state index contributed by atoms with van der Waals surface area (Å²) in [6.45, 7) is 0.671. The predicted octanol–water partition coefficient (Wildman–Crippen LogP) is 2.76. The molecular formula is C15H15NO2. The molecule has 0 aliphatic carbocycles. The van der Waals surface area contributed by atoms with Gasteiger partial charge in [-0.1, -0.05) is 30.3 Å². The van der Waals surface area contributed by atoms with Crippen molar-refractivity contribution in [2.75, 3.05) is 6.54 Å². The van der Waals surface area contributed by atoms with Crippen molar-refractivity contribution >= 4 is 6.21 Å². The van der Waals surface area contributed by atoms with Crippen molar-refractivity contribution in [3.8, 4) is 11.5 Å². The van der Waals surface area contributed by atoms with Crippen LogP contribution in [-0.4, -0.2) is 23.0 Å². The largest absolute Gasteiger partial charge is 0.508 e. The molecule has 0 aromatic heterocycles. The van der Waals surface area contributed by atoms with Crippen LogP contribution < -0.4 is 0 Å². The van der Waals surface area contributed by atoms with E-state index in [2.05, 4.69) is 17.1 Å². The average Bonchev–Trinajstić information content (AvgIpc) is 2.38. The van der Waals surface area contributed by atoms with Gasteiger partial charge >= 0.3 is 0 Å². The van der Waals surface area contributed by atoms with Crippen LogP contribution in [0.4, 0.5) is 0 Å². The summed E-state index contributed by atoms with van der Waals surface area (Å²) < 4.78 is 0. The van der Waals surface area contributed by atoms with Crippen molar-refractivity contribution in [2.45, 2.75) is 6.42 Å². The first kappa shape index (κ1) is 12.2. The number of rotatable bonds is 4. The summed E-state index contributed by atoms with van der Waals surface area (Å²) in [5.74, 6) is 0.0902. The van der Waals surface area contributed by atoms with Crippen molar-refractivity contribution < 1.29 is 10.2 Å². The second-order valence-electron chi connectivity index (χ2n) is 4.01. The first-order chi connectivity index (χ1) is 8.75. The van der Waals surface area contributed by atoms with Gasteiger partial charge in [-0.3, -0.25) is 4.99 Å². The molecule has 0 heterocycles. The van der Waals surface area contributed by atoms with Gasteiger partial charge in [0.05, 0.1) is 0 Å². The smallest absolute Gasteiger partial charge is 0.128 e. The van der Waals surface area contributed by atoms with E-state index < -0.39 is 0 Å². The SMILES string of the molecule is Oc1ccc(C=NCCc2ccccc2)c(O)c1. The standard InChI is InChI=1S/C15H15NO2/c17-14-7-6-13(15(18)10-14)11-16-9-8-12-4-2-1-3-5-12/h1-7,10-11,17-18H,8-9H2. The fourth-order valence-electron chi connectivity index (χ4n) is 1.64. The molecule has 2 aromatic rings. The molecule has 2 aromatic carbocycles. The van der Waals surface area contributed by atoms with Gasteiger partial charge in [0.2, 0.25) is 0 Å². The lowest BCUT2D eigenvalue weighted by Crippen LogP contribution is -1.90. The molecule has 0 atom stereocenters. The lowest BCUT2D eigenvalue weighted by Gasteiger charge is -1.99. The Labute approximate surface area is 106 Å². The number of aromatic hydroxyl groups is 2. The highest BCUT2D eigenvalue weighted by Crippen LogP contribution is 2.20. The Bertz CT molecular complexity index is 535. The molecule has 92 valence electrons. The normalized spacial score (nSPS) is 10.9. The Morgan fingerprint density at radius 3 is 2.50 bits per heavy atom. The van der Waals surface area contributed by atoms with Crippen molar-refractivity contribution in [1.82, 2.24) is 0 Å². The highest BCUT2D eigenvalue weighted by Gasteiger charge is 1.98. The van der Waals surface area contributed by atoms with Crippen LogP contribution in [0, 0.1) is 0 Å². The fraction of sp³-hybridized carbons (Fsp3) is 0.133. The zero-order valence-corrected chi connectivity index (χ0v) is 9.95. The van der Waals surface area contributed by atoms with Gasteiger partial charge in [-0.25, -0.2) is 0 Å². The number of phenols is 2. The maximum atomic E-state index is 9.56. The topological polar surface area (TPSA) is 52.8 Å². The van der Waals surface area contributed by atoms with Gasteiger partial charge in [0, 0.05) is 24.4 Å². The van der Waals surface area contributed by atoms with E-state index in [9.17, 15) is 5.11 Å². The molecule has 3 nitrogen and oxygen atoms in total. The van der Waals surface area contributed by atoms with Crippen molar-refractivity contribution in [3.05, 3.63) is 59.7 Å². The molecule has 2 N–H and O–H groups in total. The molecule has 0 spiro atoms. The highest BCUT2D eigenvalue weighted by atomic mass is 16.3. The monoisotopic (exact) mass is 241 g/mol. The van der Waals surface area contributed by atoms with E-state index in [0.717, 1.165) is 6.42 Å². The summed E-state index contributed by atoms with van der Waals surface area (Å²) in [5.41, 5.74) is 1.85. The van der Waals surface area contributed by atoms with E-state index in [4.69, 9.17) is 5.11 Å². The summed E-state index contributed by atoms with van der Waals surface area (Å²) in [6, 6.07) is 14.6. The zero-order valence-electron chi connectivity index (χ0n) is 9.95. The Balaban J connectivity index is 1.92. The third-order valence-corrected chi connectivity index (χ3v) is 2.62. The van der Waals surface area contributed by atoms with Crippen LogP contribution in [0.2, 0.25) is 0 Å². The van der Waals surface area contributed by atoms with Crippen molar-refractivity contribution in [3.63, 3.8) is 0 Å². The Hall–Kier alpha value is -2.29. The zero-order chi connectivity index (χ0) is 12.8. The quantitative estimate of drug-likeness (QED) is 0.809.